The molecule has 0 spiro atoms. The average Bonchev–Trinajstić information content (AvgIpc) is 2.65. The highest BCUT2D eigenvalue weighted by atomic mass is 79.9. The number of methoxy groups -OCH3 is 1. The maximum absolute atomic E-state index is 11.7. The predicted octanol–water partition coefficient (Wildman–Crippen LogP) is 0.447. The summed E-state index contributed by atoms with van der Waals surface area (Å²) < 4.78 is 30.7. The van der Waals surface area contributed by atoms with Crippen molar-refractivity contribution < 1.29 is 17.9 Å². The minimum atomic E-state index is -3.75. The summed E-state index contributed by atoms with van der Waals surface area (Å²) in [6.45, 7) is 0.433. The first-order valence-electron chi connectivity index (χ1n) is 4.44. The van der Waals surface area contributed by atoms with E-state index in [9.17, 15) is 13.2 Å². The molecule has 6 nitrogen and oxygen atoms in total. The van der Waals surface area contributed by atoms with Crippen LogP contribution in [0.3, 0.4) is 0 Å². The standard InChI is InChI=1S/C7H13BrN2O4S/c1-14-7(11)9-15(12,13)10-4-2-3-6(10)5-8/h6H,2-5H2,1H3,(H,9,11). The van der Waals surface area contributed by atoms with Crippen molar-refractivity contribution in [2.45, 2.75) is 18.9 Å². The molecule has 88 valence electrons. The molecule has 1 aliphatic heterocycles. The Labute approximate surface area is 97.3 Å². The summed E-state index contributed by atoms with van der Waals surface area (Å²) in [5.74, 6) is 0. The summed E-state index contributed by atoms with van der Waals surface area (Å²) in [6, 6.07) is -0.0906. The molecular formula is C7H13BrN2O4S. The van der Waals surface area contributed by atoms with Crippen LogP contribution in [0.4, 0.5) is 4.79 Å². The minimum absolute atomic E-state index is 0.0906. The molecule has 1 amide bonds. The van der Waals surface area contributed by atoms with Crippen LogP contribution in [0.5, 0.6) is 0 Å². The lowest BCUT2D eigenvalue weighted by Crippen LogP contribution is -2.46. The molecule has 1 atom stereocenters. The number of amides is 1. The maximum Gasteiger partial charge on any atom is 0.421 e. The Hall–Kier alpha value is -0.340. The van der Waals surface area contributed by atoms with Gasteiger partial charge in [0.05, 0.1) is 7.11 Å². The zero-order valence-electron chi connectivity index (χ0n) is 8.27. The molecule has 1 saturated heterocycles. The molecule has 8 heteroatoms. The number of hydrogen-bond donors (Lipinski definition) is 1. The molecular weight excluding hydrogens is 288 g/mol. The summed E-state index contributed by atoms with van der Waals surface area (Å²) in [6.07, 6.45) is 0.640. The SMILES string of the molecule is COC(=O)NS(=O)(=O)N1CCCC1CBr. The van der Waals surface area contributed by atoms with Gasteiger partial charge in [-0.15, -0.1) is 0 Å². The quantitative estimate of drug-likeness (QED) is 0.768. The molecule has 15 heavy (non-hydrogen) atoms. The molecule has 1 unspecified atom stereocenters. The number of ether oxygens (including phenoxy) is 1. The van der Waals surface area contributed by atoms with Crippen molar-refractivity contribution in [3.63, 3.8) is 0 Å². The van der Waals surface area contributed by atoms with Crippen molar-refractivity contribution >= 4 is 32.2 Å². The van der Waals surface area contributed by atoms with Gasteiger partial charge in [-0.2, -0.15) is 12.7 Å². The van der Waals surface area contributed by atoms with Gasteiger partial charge in [-0.3, -0.25) is 0 Å². The Bertz CT molecular complexity index is 332. The lowest BCUT2D eigenvalue weighted by Gasteiger charge is -2.21. The van der Waals surface area contributed by atoms with Crippen LogP contribution >= 0.6 is 15.9 Å². The molecule has 0 aromatic heterocycles. The van der Waals surface area contributed by atoms with Crippen LogP contribution in [0, 0.1) is 0 Å². The van der Waals surface area contributed by atoms with Gasteiger partial charge in [0.25, 0.3) is 0 Å². The third kappa shape index (κ3) is 3.05. The predicted molar refractivity (Wildman–Crippen MR) is 58.0 cm³/mol. The Morgan fingerprint density at radius 3 is 2.87 bits per heavy atom. The summed E-state index contributed by atoms with van der Waals surface area (Å²) in [7, 11) is -2.63. The number of nitrogens with zero attached hydrogens (tertiary/aromatic N) is 1. The van der Waals surface area contributed by atoms with Gasteiger partial charge in [0, 0.05) is 17.9 Å². The molecule has 0 saturated carbocycles. The molecule has 0 aromatic carbocycles. The van der Waals surface area contributed by atoms with Crippen molar-refractivity contribution in [2.75, 3.05) is 19.0 Å². The van der Waals surface area contributed by atoms with Crippen molar-refractivity contribution in [1.29, 1.82) is 0 Å². The smallest absolute Gasteiger partial charge is 0.421 e. The fourth-order valence-electron chi connectivity index (χ4n) is 1.49. The lowest BCUT2D eigenvalue weighted by molar-refractivity contribution is 0.177. The number of hydrogen-bond acceptors (Lipinski definition) is 4. The van der Waals surface area contributed by atoms with Crippen molar-refractivity contribution in [3.8, 4) is 0 Å². The Kier molecular flexibility index (Phi) is 4.35. The molecule has 1 fully saturated rings. The van der Waals surface area contributed by atoms with E-state index >= 15 is 0 Å². The number of rotatable bonds is 3. The van der Waals surface area contributed by atoms with Gasteiger partial charge in [0.2, 0.25) is 0 Å². The number of alkyl halides is 1. The van der Waals surface area contributed by atoms with E-state index in [4.69, 9.17) is 0 Å². The Balaban J connectivity index is 2.72. The summed E-state index contributed by atoms with van der Waals surface area (Å²) in [5.41, 5.74) is 0. The second-order valence-electron chi connectivity index (χ2n) is 3.16. The van der Waals surface area contributed by atoms with Crippen LogP contribution in [0.25, 0.3) is 0 Å². The second kappa shape index (κ2) is 5.13. The molecule has 0 aliphatic carbocycles. The lowest BCUT2D eigenvalue weighted by atomic mass is 10.3. The van der Waals surface area contributed by atoms with Crippen molar-refractivity contribution in [1.82, 2.24) is 9.03 Å². The van der Waals surface area contributed by atoms with Gasteiger partial charge >= 0.3 is 16.3 Å². The average molecular weight is 301 g/mol. The molecule has 0 bridgehead atoms. The topological polar surface area (TPSA) is 75.7 Å². The van der Waals surface area contributed by atoms with Gasteiger partial charge in [-0.1, -0.05) is 15.9 Å². The van der Waals surface area contributed by atoms with E-state index in [0.717, 1.165) is 20.0 Å². The first kappa shape index (κ1) is 12.7. The van der Waals surface area contributed by atoms with Crippen molar-refractivity contribution in [3.05, 3.63) is 0 Å². The van der Waals surface area contributed by atoms with E-state index in [0.29, 0.717) is 11.9 Å². The van der Waals surface area contributed by atoms with Crippen LogP contribution in [0.2, 0.25) is 0 Å². The molecule has 0 radical (unpaired) electrons. The van der Waals surface area contributed by atoms with Crippen LogP contribution in [0.15, 0.2) is 0 Å². The summed E-state index contributed by atoms with van der Waals surface area (Å²) >= 11 is 3.24. The largest absolute Gasteiger partial charge is 0.452 e. The highest BCUT2D eigenvalue weighted by Crippen LogP contribution is 2.21. The summed E-state index contributed by atoms with van der Waals surface area (Å²) in [4.78, 5) is 10.8. The van der Waals surface area contributed by atoms with Gasteiger partial charge < -0.3 is 4.74 Å². The first-order chi connectivity index (χ1) is 7.01. The highest BCUT2D eigenvalue weighted by Gasteiger charge is 2.34. The van der Waals surface area contributed by atoms with Gasteiger partial charge in [0.15, 0.2) is 0 Å². The maximum atomic E-state index is 11.7. The van der Waals surface area contributed by atoms with Gasteiger partial charge in [0.1, 0.15) is 0 Å². The van der Waals surface area contributed by atoms with Crippen LogP contribution < -0.4 is 4.72 Å². The van der Waals surface area contributed by atoms with E-state index in [1.807, 2.05) is 4.72 Å². The zero-order chi connectivity index (χ0) is 11.5. The minimum Gasteiger partial charge on any atom is -0.452 e. The monoisotopic (exact) mass is 300 g/mol. The van der Waals surface area contributed by atoms with Crippen molar-refractivity contribution in [2.24, 2.45) is 0 Å². The fraction of sp³-hybridized carbons (Fsp3) is 0.857. The first-order valence-corrected chi connectivity index (χ1v) is 7.01. The van der Waals surface area contributed by atoms with Gasteiger partial charge in [-0.05, 0) is 12.8 Å². The number of carbonyl (C=O) groups is 1. The van der Waals surface area contributed by atoms with E-state index in [-0.39, 0.29) is 6.04 Å². The highest BCUT2D eigenvalue weighted by molar-refractivity contribution is 9.09. The van der Waals surface area contributed by atoms with Gasteiger partial charge in [-0.25, -0.2) is 9.52 Å². The normalized spacial score (nSPS) is 22.7. The van der Waals surface area contributed by atoms with E-state index in [2.05, 4.69) is 20.7 Å². The van der Waals surface area contributed by atoms with E-state index in [1.165, 1.54) is 4.31 Å². The molecule has 1 rings (SSSR count). The fourth-order valence-corrected chi connectivity index (χ4v) is 3.70. The number of nitrogens with one attached hydrogen (secondary N) is 1. The van der Waals surface area contributed by atoms with E-state index in [1.54, 1.807) is 0 Å². The molecule has 1 N–H and O–H groups in total. The zero-order valence-corrected chi connectivity index (χ0v) is 10.7. The molecule has 1 aliphatic rings. The molecule has 1 heterocycles. The number of carbonyl (C=O) groups excluding carboxylic acids is 1. The molecule has 0 aromatic rings. The Morgan fingerprint density at radius 1 is 1.67 bits per heavy atom. The van der Waals surface area contributed by atoms with Crippen LogP contribution in [0.1, 0.15) is 12.8 Å². The second-order valence-corrected chi connectivity index (χ2v) is 5.43. The third-order valence-corrected chi connectivity index (χ3v) is 4.48. The summed E-state index contributed by atoms with van der Waals surface area (Å²) in [5, 5.41) is 0.565. The number of halogens is 1. The Morgan fingerprint density at radius 2 is 2.33 bits per heavy atom. The van der Waals surface area contributed by atoms with Crippen LogP contribution in [-0.4, -0.2) is 43.8 Å². The van der Waals surface area contributed by atoms with E-state index < -0.39 is 16.3 Å². The third-order valence-electron chi connectivity index (χ3n) is 2.21. The van der Waals surface area contributed by atoms with Crippen LogP contribution in [-0.2, 0) is 14.9 Å².